The Hall–Kier alpha value is -2.35. The van der Waals surface area contributed by atoms with E-state index in [0.717, 1.165) is 5.01 Å². The molecule has 20 heavy (non-hydrogen) atoms. The third kappa shape index (κ3) is 2.37. The minimum atomic E-state index is -0.370. The lowest BCUT2D eigenvalue weighted by Crippen LogP contribution is -2.22. The summed E-state index contributed by atoms with van der Waals surface area (Å²) in [5.41, 5.74) is 0.408. The van der Waals surface area contributed by atoms with Gasteiger partial charge in [-0.05, 0) is 31.2 Å². The fraction of sp³-hybridized carbons (Fsp3) is 0.167. The molecule has 1 N–H and O–H groups in total. The average Bonchev–Trinajstić information content (AvgIpc) is 2.99. The second kappa shape index (κ2) is 4.97. The van der Waals surface area contributed by atoms with Crippen LogP contribution in [0.5, 0.6) is 0 Å². The fourth-order valence-corrected chi connectivity index (χ4v) is 2.50. The zero-order chi connectivity index (χ0) is 14.1. The number of hydrogen-bond donors (Lipinski definition) is 1. The number of carbonyl (C=O) groups is 1. The smallest absolute Gasteiger partial charge is 0.251 e. The van der Waals surface area contributed by atoms with Gasteiger partial charge in [0.1, 0.15) is 10.8 Å². The number of nitrogens with one attached hydrogen (secondary N) is 1. The van der Waals surface area contributed by atoms with Crippen molar-refractivity contribution in [3.8, 4) is 0 Å². The first kappa shape index (κ1) is 12.7. The van der Waals surface area contributed by atoms with Crippen molar-refractivity contribution in [2.75, 3.05) is 0 Å². The number of halogens is 1. The molecule has 2 heterocycles. The Bertz CT molecular complexity index is 764. The highest BCUT2D eigenvalue weighted by Gasteiger charge is 2.10. The predicted molar refractivity (Wildman–Crippen MR) is 71.0 cm³/mol. The van der Waals surface area contributed by atoms with Crippen molar-refractivity contribution in [3.63, 3.8) is 0 Å². The van der Waals surface area contributed by atoms with Crippen LogP contribution >= 0.6 is 11.3 Å². The van der Waals surface area contributed by atoms with Crippen LogP contribution in [0.25, 0.3) is 4.96 Å². The van der Waals surface area contributed by atoms with Crippen LogP contribution in [0.2, 0.25) is 0 Å². The lowest BCUT2D eigenvalue weighted by molar-refractivity contribution is 0.0950. The monoisotopic (exact) mass is 291 g/mol. The first-order valence-electron chi connectivity index (χ1n) is 5.85. The minimum Gasteiger partial charge on any atom is -0.345 e. The van der Waals surface area contributed by atoms with E-state index in [9.17, 15) is 9.18 Å². The highest BCUT2D eigenvalue weighted by molar-refractivity contribution is 7.16. The van der Waals surface area contributed by atoms with Gasteiger partial charge in [0.05, 0.1) is 6.54 Å². The van der Waals surface area contributed by atoms with E-state index in [4.69, 9.17) is 0 Å². The Kier molecular flexibility index (Phi) is 3.15. The molecule has 8 heteroatoms. The summed E-state index contributed by atoms with van der Waals surface area (Å²) in [5.74, 6) is 0.0609. The van der Waals surface area contributed by atoms with E-state index in [1.807, 2.05) is 0 Å². The standard InChI is InChI=1S/C12H10FN5OS/c1-7-15-16-12-18(7)17-10(20-12)6-14-11(19)8-2-4-9(13)5-3-8/h2-5H,6H2,1H3,(H,14,19). The molecule has 1 aromatic carbocycles. The van der Waals surface area contributed by atoms with Crippen molar-refractivity contribution < 1.29 is 9.18 Å². The maximum atomic E-state index is 12.8. The Labute approximate surface area is 117 Å². The number of hydrogen-bond acceptors (Lipinski definition) is 5. The predicted octanol–water partition coefficient (Wildman–Crippen LogP) is 1.56. The molecule has 3 aromatic rings. The zero-order valence-electron chi connectivity index (χ0n) is 10.5. The van der Waals surface area contributed by atoms with Gasteiger partial charge in [0, 0.05) is 5.56 Å². The van der Waals surface area contributed by atoms with Gasteiger partial charge in [0.25, 0.3) is 5.91 Å². The van der Waals surface area contributed by atoms with Gasteiger partial charge in [-0.2, -0.15) is 9.61 Å². The van der Waals surface area contributed by atoms with Gasteiger partial charge in [-0.25, -0.2) is 4.39 Å². The van der Waals surface area contributed by atoms with Crippen LogP contribution in [0, 0.1) is 12.7 Å². The molecule has 0 saturated heterocycles. The number of fused-ring (bicyclic) bond motifs is 1. The normalized spacial score (nSPS) is 10.9. The first-order chi connectivity index (χ1) is 9.63. The molecule has 0 atom stereocenters. The molecule has 102 valence electrons. The summed E-state index contributed by atoms with van der Waals surface area (Å²) in [6.07, 6.45) is 0. The number of amides is 1. The van der Waals surface area contributed by atoms with E-state index < -0.39 is 0 Å². The Morgan fingerprint density at radius 1 is 1.35 bits per heavy atom. The van der Waals surface area contributed by atoms with Gasteiger partial charge in [-0.15, -0.1) is 10.2 Å². The molecular weight excluding hydrogens is 281 g/mol. The van der Waals surface area contributed by atoms with Gasteiger partial charge in [0.2, 0.25) is 4.96 Å². The fourth-order valence-electron chi connectivity index (χ4n) is 1.69. The second-order valence-electron chi connectivity index (χ2n) is 4.13. The lowest BCUT2D eigenvalue weighted by atomic mass is 10.2. The maximum Gasteiger partial charge on any atom is 0.251 e. The summed E-state index contributed by atoms with van der Waals surface area (Å²) in [6, 6.07) is 5.38. The lowest BCUT2D eigenvalue weighted by Gasteiger charge is -2.02. The molecule has 0 unspecified atom stereocenters. The van der Waals surface area contributed by atoms with Crippen LogP contribution in [0.4, 0.5) is 4.39 Å². The van der Waals surface area contributed by atoms with Gasteiger partial charge in [-0.1, -0.05) is 11.3 Å². The van der Waals surface area contributed by atoms with Gasteiger partial charge in [0.15, 0.2) is 5.82 Å². The maximum absolute atomic E-state index is 12.8. The molecule has 0 fully saturated rings. The van der Waals surface area contributed by atoms with Gasteiger partial charge < -0.3 is 5.32 Å². The van der Waals surface area contributed by atoms with Crippen LogP contribution in [0.3, 0.4) is 0 Å². The molecule has 0 radical (unpaired) electrons. The number of aryl methyl sites for hydroxylation is 1. The van der Waals surface area contributed by atoms with Crippen LogP contribution in [0.1, 0.15) is 21.2 Å². The molecule has 1 amide bonds. The third-order valence-electron chi connectivity index (χ3n) is 2.70. The quantitative estimate of drug-likeness (QED) is 0.795. The van der Waals surface area contributed by atoms with Crippen molar-refractivity contribution in [1.29, 1.82) is 0 Å². The van der Waals surface area contributed by atoms with E-state index >= 15 is 0 Å². The molecule has 0 bridgehead atoms. The number of aromatic nitrogens is 4. The minimum absolute atomic E-state index is 0.271. The molecule has 6 nitrogen and oxygen atoms in total. The Balaban J connectivity index is 1.69. The molecule has 0 aliphatic rings. The third-order valence-corrected chi connectivity index (χ3v) is 3.59. The highest BCUT2D eigenvalue weighted by atomic mass is 32.1. The summed E-state index contributed by atoms with van der Waals surface area (Å²) in [4.78, 5) is 12.5. The summed E-state index contributed by atoms with van der Waals surface area (Å²) in [5, 5.41) is 15.6. The Morgan fingerprint density at radius 2 is 2.10 bits per heavy atom. The van der Waals surface area contributed by atoms with E-state index in [1.54, 1.807) is 11.4 Å². The van der Waals surface area contributed by atoms with E-state index in [2.05, 4.69) is 20.6 Å². The van der Waals surface area contributed by atoms with E-state index in [0.29, 0.717) is 22.9 Å². The van der Waals surface area contributed by atoms with Crippen molar-refractivity contribution in [2.45, 2.75) is 13.5 Å². The van der Waals surface area contributed by atoms with Gasteiger partial charge >= 0.3 is 0 Å². The largest absolute Gasteiger partial charge is 0.345 e. The summed E-state index contributed by atoms with van der Waals surface area (Å²) >= 11 is 1.36. The van der Waals surface area contributed by atoms with Crippen molar-refractivity contribution in [3.05, 3.63) is 46.5 Å². The van der Waals surface area contributed by atoms with E-state index in [-0.39, 0.29) is 11.7 Å². The molecular formula is C12H10FN5OS. The zero-order valence-corrected chi connectivity index (χ0v) is 11.3. The van der Waals surface area contributed by atoms with E-state index in [1.165, 1.54) is 35.6 Å². The van der Waals surface area contributed by atoms with Crippen LogP contribution in [-0.2, 0) is 6.54 Å². The topological polar surface area (TPSA) is 72.2 Å². The number of benzene rings is 1. The van der Waals surface area contributed by atoms with Gasteiger partial charge in [-0.3, -0.25) is 4.79 Å². The van der Waals surface area contributed by atoms with Crippen LogP contribution in [-0.4, -0.2) is 25.7 Å². The summed E-state index contributed by atoms with van der Waals surface area (Å²) < 4.78 is 14.4. The Morgan fingerprint density at radius 3 is 2.80 bits per heavy atom. The van der Waals surface area contributed by atoms with Crippen LogP contribution < -0.4 is 5.32 Å². The number of carbonyl (C=O) groups excluding carboxylic acids is 1. The average molecular weight is 291 g/mol. The number of rotatable bonds is 3. The molecule has 0 spiro atoms. The SMILES string of the molecule is Cc1nnc2sc(CNC(=O)c3ccc(F)cc3)nn12. The van der Waals surface area contributed by atoms with Crippen molar-refractivity contribution in [2.24, 2.45) is 0 Å². The summed E-state index contributed by atoms with van der Waals surface area (Å²) in [7, 11) is 0. The van der Waals surface area contributed by atoms with Crippen LogP contribution in [0.15, 0.2) is 24.3 Å². The molecule has 2 aromatic heterocycles. The molecule has 0 aliphatic heterocycles. The highest BCUT2D eigenvalue weighted by Crippen LogP contribution is 2.13. The summed E-state index contributed by atoms with van der Waals surface area (Å²) in [6.45, 7) is 2.10. The van der Waals surface area contributed by atoms with Crippen molar-refractivity contribution in [1.82, 2.24) is 25.1 Å². The molecule has 0 aliphatic carbocycles. The first-order valence-corrected chi connectivity index (χ1v) is 6.66. The number of nitrogens with zero attached hydrogens (tertiary/aromatic N) is 4. The molecule has 0 saturated carbocycles. The molecule has 3 rings (SSSR count). The second-order valence-corrected chi connectivity index (χ2v) is 5.17. The van der Waals surface area contributed by atoms with Crippen molar-refractivity contribution >= 4 is 22.2 Å².